The molecule has 3 aromatic rings. The van der Waals surface area contributed by atoms with Gasteiger partial charge in [-0.25, -0.2) is 0 Å². The van der Waals surface area contributed by atoms with Crippen molar-refractivity contribution >= 4 is 34.5 Å². The van der Waals surface area contributed by atoms with Crippen LogP contribution in [0.25, 0.3) is 5.76 Å². The first-order valence-electron chi connectivity index (χ1n) is 10.8. The summed E-state index contributed by atoms with van der Waals surface area (Å²) in [7, 11) is 0. The molecule has 2 heterocycles. The SMILES string of the molecule is CCOc1ccc(/C(O)=C2/C(=O)C(=O)N(c3ccc(C(F)(F)F)cc3)C2c2sccc2C)cc1C. The van der Waals surface area contributed by atoms with Crippen LogP contribution in [0.5, 0.6) is 5.75 Å². The van der Waals surface area contributed by atoms with Crippen LogP contribution in [-0.4, -0.2) is 23.4 Å². The third-order valence-corrected chi connectivity index (χ3v) is 6.89. The number of aryl methyl sites for hydroxylation is 2. The van der Waals surface area contributed by atoms with Gasteiger partial charge in [-0.05, 0) is 85.8 Å². The van der Waals surface area contributed by atoms with Crippen molar-refractivity contribution < 1.29 is 32.6 Å². The lowest BCUT2D eigenvalue weighted by molar-refractivity contribution is -0.137. The standard InChI is InChI=1S/C26H22F3NO4S/c1-4-34-19-10-5-16(13-15(19)3)22(31)20-21(24-14(2)11-12-35-24)30(25(33)23(20)32)18-8-6-17(7-9-18)26(27,28)29/h5-13,21,31H,4H2,1-3H3/b22-20-. The van der Waals surface area contributed by atoms with Gasteiger partial charge in [0.15, 0.2) is 0 Å². The van der Waals surface area contributed by atoms with Crippen molar-refractivity contribution in [2.75, 3.05) is 11.5 Å². The minimum absolute atomic E-state index is 0.121. The maximum atomic E-state index is 13.2. The number of thiophene rings is 1. The Hall–Kier alpha value is -3.59. The number of aliphatic hydroxyl groups excluding tert-OH is 1. The molecule has 182 valence electrons. The van der Waals surface area contributed by atoms with Crippen LogP contribution in [-0.2, 0) is 15.8 Å². The highest BCUT2D eigenvalue weighted by Gasteiger charge is 2.48. The van der Waals surface area contributed by atoms with Gasteiger partial charge in [-0.1, -0.05) is 0 Å². The summed E-state index contributed by atoms with van der Waals surface area (Å²) in [6, 6.07) is 9.79. The first kappa shape index (κ1) is 24.5. The van der Waals surface area contributed by atoms with E-state index in [2.05, 4.69) is 0 Å². The number of rotatable bonds is 5. The molecule has 4 rings (SSSR count). The van der Waals surface area contributed by atoms with Crippen LogP contribution in [0, 0.1) is 13.8 Å². The second-order valence-corrected chi connectivity index (χ2v) is 9.04. The lowest BCUT2D eigenvalue weighted by atomic mass is 9.97. The van der Waals surface area contributed by atoms with Crippen LogP contribution >= 0.6 is 11.3 Å². The van der Waals surface area contributed by atoms with Crippen molar-refractivity contribution in [2.45, 2.75) is 33.0 Å². The van der Waals surface area contributed by atoms with E-state index < -0.39 is 29.5 Å². The number of alkyl halides is 3. The molecule has 1 amide bonds. The second-order valence-electron chi connectivity index (χ2n) is 8.09. The molecule has 1 atom stereocenters. The number of amides is 1. The van der Waals surface area contributed by atoms with E-state index in [1.165, 1.54) is 11.3 Å². The maximum absolute atomic E-state index is 13.2. The number of nitrogens with zero attached hydrogens (tertiary/aromatic N) is 1. The summed E-state index contributed by atoms with van der Waals surface area (Å²) < 4.78 is 44.7. The fourth-order valence-electron chi connectivity index (χ4n) is 4.09. The van der Waals surface area contributed by atoms with Gasteiger partial charge in [0, 0.05) is 16.1 Å². The van der Waals surface area contributed by atoms with E-state index >= 15 is 0 Å². The Balaban J connectivity index is 1.88. The molecule has 1 aliphatic heterocycles. The highest BCUT2D eigenvalue weighted by atomic mass is 32.1. The van der Waals surface area contributed by atoms with Crippen LogP contribution in [0.4, 0.5) is 18.9 Å². The van der Waals surface area contributed by atoms with Crippen molar-refractivity contribution in [3.8, 4) is 5.75 Å². The lowest BCUT2D eigenvalue weighted by Gasteiger charge is -2.25. The minimum atomic E-state index is -4.54. The van der Waals surface area contributed by atoms with Crippen LogP contribution < -0.4 is 9.64 Å². The summed E-state index contributed by atoms with van der Waals surface area (Å²) in [5.41, 5.74) is 0.982. The van der Waals surface area contributed by atoms with Gasteiger partial charge in [0.1, 0.15) is 17.6 Å². The van der Waals surface area contributed by atoms with Crippen LogP contribution in [0.3, 0.4) is 0 Å². The third kappa shape index (κ3) is 4.43. The summed E-state index contributed by atoms with van der Waals surface area (Å²) in [5.74, 6) is -1.57. The molecule has 9 heteroatoms. The molecule has 0 spiro atoms. The molecule has 35 heavy (non-hydrogen) atoms. The van der Waals surface area contributed by atoms with Gasteiger partial charge < -0.3 is 9.84 Å². The average Bonchev–Trinajstić information content (AvgIpc) is 3.34. The third-order valence-electron chi connectivity index (χ3n) is 5.82. The summed E-state index contributed by atoms with van der Waals surface area (Å²) in [4.78, 5) is 28.1. The van der Waals surface area contributed by atoms with E-state index in [0.717, 1.165) is 40.3 Å². The number of benzene rings is 2. The van der Waals surface area contributed by atoms with Crippen LogP contribution in [0.15, 0.2) is 59.5 Å². The Morgan fingerprint density at radius 3 is 2.29 bits per heavy atom. The first-order chi connectivity index (χ1) is 16.5. The number of hydrogen-bond acceptors (Lipinski definition) is 5. The van der Waals surface area contributed by atoms with Crippen molar-refractivity contribution in [3.05, 3.63) is 86.6 Å². The summed E-state index contributed by atoms with van der Waals surface area (Å²) in [5, 5.41) is 13.0. The van der Waals surface area contributed by atoms with Gasteiger partial charge in [0.25, 0.3) is 11.7 Å². The lowest BCUT2D eigenvalue weighted by Crippen LogP contribution is -2.29. The van der Waals surface area contributed by atoms with E-state index in [4.69, 9.17) is 4.74 Å². The number of hydrogen-bond donors (Lipinski definition) is 1. The van der Waals surface area contributed by atoms with Crippen molar-refractivity contribution in [3.63, 3.8) is 0 Å². The quantitative estimate of drug-likeness (QED) is 0.249. The topological polar surface area (TPSA) is 66.8 Å². The number of carbonyl (C=O) groups is 2. The fraction of sp³-hybridized carbons (Fsp3) is 0.231. The Labute approximate surface area is 204 Å². The predicted molar refractivity (Wildman–Crippen MR) is 128 cm³/mol. The number of ketones is 1. The predicted octanol–water partition coefficient (Wildman–Crippen LogP) is 6.41. The zero-order valence-corrected chi connectivity index (χ0v) is 20.0. The zero-order chi connectivity index (χ0) is 25.5. The van der Waals surface area contributed by atoms with Crippen molar-refractivity contribution in [1.29, 1.82) is 0 Å². The zero-order valence-electron chi connectivity index (χ0n) is 19.1. The van der Waals surface area contributed by atoms with Crippen LogP contribution in [0.2, 0.25) is 0 Å². The molecule has 1 aliphatic rings. The summed E-state index contributed by atoms with van der Waals surface area (Å²) in [6.45, 7) is 5.91. The van der Waals surface area contributed by atoms with Gasteiger partial charge in [-0.2, -0.15) is 13.2 Å². The van der Waals surface area contributed by atoms with Gasteiger partial charge >= 0.3 is 6.18 Å². The first-order valence-corrected chi connectivity index (χ1v) is 11.7. The van der Waals surface area contributed by atoms with Gasteiger partial charge in [0.05, 0.1) is 17.7 Å². The van der Waals surface area contributed by atoms with E-state index in [1.807, 2.05) is 13.0 Å². The van der Waals surface area contributed by atoms with E-state index in [0.29, 0.717) is 22.8 Å². The molecule has 1 unspecified atom stereocenters. The minimum Gasteiger partial charge on any atom is -0.507 e. The fourth-order valence-corrected chi connectivity index (χ4v) is 5.12. The normalized spacial score (nSPS) is 17.8. The van der Waals surface area contributed by atoms with Crippen molar-refractivity contribution in [1.82, 2.24) is 0 Å². The molecule has 1 aromatic heterocycles. The van der Waals surface area contributed by atoms with Gasteiger partial charge in [-0.3, -0.25) is 14.5 Å². The van der Waals surface area contributed by atoms with E-state index in [-0.39, 0.29) is 17.0 Å². The maximum Gasteiger partial charge on any atom is 0.416 e. The number of ether oxygens (including phenoxy) is 1. The molecule has 1 saturated heterocycles. The molecular weight excluding hydrogens is 479 g/mol. The number of halogens is 3. The number of aliphatic hydroxyl groups is 1. The average molecular weight is 502 g/mol. The molecule has 0 radical (unpaired) electrons. The Kier molecular flexibility index (Phi) is 6.46. The molecule has 1 fully saturated rings. The van der Waals surface area contributed by atoms with Crippen LogP contribution in [0.1, 0.15) is 40.1 Å². The number of Topliss-reactive ketones (excluding diaryl/α,β-unsaturated/α-hetero) is 1. The van der Waals surface area contributed by atoms with Gasteiger partial charge in [-0.15, -0.1) is 11.3 Å². The number of carbonyl (C=O) groups excluding carboxylic acids is 2. The molecule has 0 bridgehead atoms. The molecule has 0 aliphatic carbocycles. The Bertz CT molecular complexity index is 1330. The summed E-state index contributed by atoms with van der Waals surface area (Å²) in [6.07, 6.45) is -4.54. The monoisotopic (exact) mass is 501 g/mol. The molecule has 1 N–H and O–H groups in total. The highest BCUT2D eigenvalue weighted by Crippen LogP contribution is 2.45. The largest absolute Gasteiger partial charge is 0.507 e. The molecular formula is C26H22F3NO4S. The Morgan fingerprint density at radius 2 is 1.74 bits per heavy atom. The number of anilines is 1. The van der Waals surface area contributed by atoms with E-state index in [9.17, 15) is 27.9 Å². The molecule has 2 aromatic carbocycles. The smallest absolute Gasteiger partial charge is 0.416 e. The van der Waals surface area contributed by atoms with E-state index in [1.54, 1.807) is 37.4 Å². The van der Waals surface area contributed by atoms with Crippen molar-refractivity contribution in [2.24, 2.45) is 0 Å². The summed E-state index contributed by atoms with van der Waals surface area (Å²) >= 11 is 1.29. The Morgan fingerprint density at radius 1 is 1.06 bits per heavy atom. The highest BCUT2D eigenvalue weighted by molar-refractivity contribution is 7.10. The second kappa shape index (κ2) is 9.22. The molecule has 0 saturated carbocycles. The van der Waals surface area contributed by atoms with Gasteiger partial charge in [0.2, 0.25) is 0 Å². The molecule has 5 nitrogen and oxygen atoms in total.